The van der Waals surface area contributed by atoms with Gasteiger partial charge in [0.1, 0.15) is 12.4 Å². The van der Waals surface area contributed by atoms with Crippen LogP contribution in [0.1, 0.15) is 11.1 Å². The van der Waals surface area contributed by atoms with Gasteiger partial charge in [0.2, 0.25) is 0 Å². The molecule has 0 spiro atoms. The number of carbonyl (C=O) groups excluding carboxylic acids is 1. The zero-order valence-corrected chi connectivity index (χ0v) is 11.3. The van der Waals surface area contributed by atoms with Gasteiger partial charge in [0, 0.05) is 6.08 Å². The Labute approximate surface area is 118 Å². The highest BCUT2D eigenvalue weighted by atomic mass is 16.5. The molecule has 3 heteroatoms. The van der Waals surface area contributed by atoms with Gasteiger partial charge in [-0.05, 0) is 29.3 Å². The molecule has 102 valence electrons. The summed E-state index contributed by atoms with van der Waals surface area (Å²) in [4.78, 5) is 11.6. The zero-order chi connectivity index (χ0) is 14.2. The highest BCUT2D eigenvalue weighted by molar-refractivity contribution is 5.87. The first-order chi connectivity index (χ1) is 9.78. The second-order valence-electron chi connectivity index (χ2n) is 4.20. The van der Waals surface area contributed by atoms with Gasteiger partial charge in [0.25, 0.3) is 0 Å². The van der Waals surface area contributed by atoms with Crippen molar-refractivity contribution in [3.8, 4) is 5.75 Å². The minimum Gasteiger partial charge on any atom is -0.497 e. The minimum atomic E-state index is -0.364. The maximum atomic E-state index is 11.6. The van der Waals surface area contributed by atoms with Crippen LogP contribution in [-0.2, 0) is 16.1 Å². The molecule has 0 saturated carbocycles. The highest BCUT2D eigenvalue weighted by Gasteiger charge is 1.98. The smallest absolute Gasteiger partial charge is 0.331 e. The lowest BCUT2D eigenvalue weighted by atomic mass is 10.2. The molecule has 0 atom stereocenters. The van der Waals surface area contributed by atoms with Gasteiger partial charge in [0.15, 0.2) is 0 Å². The lowest BCUT2D eigenvalue weighted by Gasteiger charge is -2.02. The van der Waals surface area contributed by atoms with Crippen LogP contribution in [0.2, 0.25) is 0 Å². The fourth-order valence-electron chi connectivity index (χ4n) is 1.69. The molecule has 0 aliphatic rings. The Kier molecular flexibility index (Phi) is 4.95. The van der Waals surface area contributed by atoms with Crippen LogP contribution < -0.4 is 4.74 Å². The number of benzene rings is 2. The molecule has 0 N–H and O–H groups in total. The Morgan fingerprint density at radius 2 is 1.90 bits per heavy atom. The molecule has 2 aromatic carbocycles. The van der Waals surface area contributed by atoms with Crippen molar-refractivity contribution in [2.24, 2.45) is 0 Å². The molecule has 3 nitrogen and oxygen atoms in total. The number of esters is 1. The Morgan fingerprint density at radius 3 is 2.65 bits per heavy atom. The van der Waals surface area contributed by atoms with Crippen LogP contribution in [-0.4, -0.2) is 13.1 Å². The van der Waals surface area contributed by atoms with E-state index >= 15 is 0 Å². The molecule has 2 rings (SSSR count). The van der Waals surface area contributed by atoms with Crippen molar-refractivity contribution in [1.29, 1.82) is 0 Å². The third kappa shape index (κ3) is 4.28. The molecular weight excluding hydrogens is 252 g/mol. The first-order valence-electron chi connectivity index (χ1n) is 6.31. The Bertz CT molecular complexity index is 588. The van der Waals surface area contributed by atoms with E-state index in [1.165, 1.54) is 6.08 Å². The Hall–Kier alpha value is -2.55. The molecule has 0 unspecified atom stereocenters. The Balaban J connectivity index is 1.89. The average molecular weight is 268 g/mol. The zero-order valence-electron chi connectivity index (χ0n) is 11.3. The highest BCUT2D eigenvalue weighted by Crippen LogP contribution is 2.13. The molecule has 0 heterocycles. The first-order valence-corrected chi connectivity index (χ1v) is 6.31. The molecule has 2 aromatic rings. The van der Waals surface area contributed by atoms with E-state index in [0.29, 0.717) is 0 Å². The molecule has 0 aromatic heterocycles. The van der Waals surface area contributed by atoms with Crippen molar-refractivity contribution < 1.29 is 14.3 Å². The second-order valence-corrected chi connectivity index (χ2v) is 4.20. The first kappa shape index (κ1) is 13.9. The molecule has 0 aliphatic heterocycles. The van der Waals surface area contributed by atoms with Crippen molar-refractivity contribution in [2.75, 3.05) is 7.11 Å². The van der Waals surface area contributed by atoms with Gasteiger partial charge in [-0.2, -0.15) is 0 Å². The number of carbonyl (C=O) groups is 1. The fraction of sp³-hybridized carbons (Fsp3) is 0.118. The van der Waals surface area contributed by atoms with Gasteiger partial charge in [-0.25, -0.2) is 4.79 Å². The predicted octanol–water partition coefficient (Wildman–Crippen LogP) is 3.45. The molecule has 0 bridgehead atoms. The fourth-order valence-corrected chi connectivity index (χ4v) is 1.69. The summed E-state index contributed by atoms with van der Waals surface area (Å²) < 4.78 is 10.3. The van der Waals surface area contributed by atoms with E-state index < -0.39 is 0 Å². The minimum absolute atomic E-state index is 0.280. The number of methoxy groups -OCH3 is 1. The van der Waals surface area contributed by atoms with E-state index in [0.717, 1.165) is 16.9 Å². The summed E-state index contributed by atoms with van der Waals surface area (Å²) in [5.41, 5.74) is 1.86. The third-order valence-corrected chi connectivity index (χ3v) is 2.73. The molecule has 0 aliphatic carbocycles. The number of hydrogen-bond donors (Lipinski definition) is 0. The standard InChI is InChI=1S/C17H16O3/c1-19-16-9-5-8-14(12-16)10-11-17(18)20-13-15-6-3-2-4-7-15/h2-12H,13H2,1H3. The largest absolute Gasteiger partial charge is 0.497 e. The van der Waals surface area contributed by atoms with Crippen LogP contribution in [0.5, 0.6) is 5.75 Å². The molecule has 0 fully saturated rings. The van der Waals surface area contributed by atoms with Crippen molar-refractivity contribution in [3.63, 3.8) is 0 Å². The summed E-state index contributed by atoms with van der Waals surface area (Å²) in [6, 6.07) is 17.0. The SMILES string of the molecule is COc1cccc(C=CC(=O)OCc2ccccc2)c1. The molecular formula is C17H16O3. The second kappa shape index (κ2) is 7.14. The van der Waals surface area contributed by atoms with E-state index in [4.69, 9.17) is 9.47 Å². The van der Waals surface area contributed by atoms with E-state index in [1.54, 1.807) is 13.2 Å². The van der Waals surface area contributed by atoms with E-state index in [2.05, 4.69) is 0 Å². The molecule has 20 heavy (non-hydrogen) atoms. The lowest BCUT2D eigenvalue weighted by Crippen LogP contribution is -2.00. The van der Waals surface area contributed by atoms with E-state index in [1.807, 2.05) is 54.6 Å². The van der Waals surface area contributed by atoms with Crippen molar-refractivity contribution >= 4 is 12.0 Å². The van der Waals surface area contributed by atoms with Crippen LogP contribution in [0.4, 0.5) is 0 Å². The van der Waals surface area contributed by atoms with Crippen LogP contribution in [0.3, 0.4) is 0 Å². The third-order valence-electron chi connectivity index (χ3n) is 2.73. The van der Waals surface area contributed by atoms with Crippen LogP contribution >= 0.6 is 0 Å². The normalized spacial score (nSPS) is 10.4. The van der Waals surface area contributed by atoms with Crippen molar-refractivity contribution in [1.82, 2.24) is 0 Å². The summed E-state index contributed by atoms with van der Waals surface area (Å²) in [5.74, 6) is 0.390. The van der Waals surface area contributed by atoms with Crippen LogP contribution in [0.25, 0.3) is 6.08 Å². The van der Waals surface area contributed by atoms with Gasteiger partial charge in [-0.1, -0.05) is 42.5 Å². The summed E-state index contributed by atoms with van der Waals surface area (Å²) in [6.07, 6.45) is 3.12. The molecule has 0 saturated heterocycles. The van der Waals surface area contributed by atoms with Gasteiger partial charge >= 0.3 is 5.97 Å². The maximum absolute atomic E-state index is 11.6. The monoisotopic (exact) mass is 268 g/mol. The van der Waals surface area contributed by atoms with Crippen molar-refractivity contribution in [2.45, 2.75) is 6.61 Å². The number of hydrogen-bond acceptors (Lipinski definition) is 3. The topological polar surface area (TPSA) is 35.5 Å². The van der Waals surface area contributed by atoms with E-state index in [9.17, 15) is 4.79 Å². The average Bonchev–Trinajstić information content (AvgIpc) is 2.52. The Morgan fingerprint density at radius 1 is 1.10 bits per heavy atom. The van der Waals surface area contributed by atoms with Crippen molar-refractivity contribution in [3.05, 3.63) is 71.8 Å². The van der Waals surface area contributed by atoms with E-state index in [-0.39, 0.29) is 12.6 Å². The van der Waals surface area contributed by atoms with Crippen LogP contribution in [0.15, 0.2) is 60.7 Å². The summed E-state index contributed by atoms with van der Waals surface area (Å²) >= 11 is 0. The number of rotatable bonds is 5. The summed E-state index contributed by atoms with van der Waals surface area (Å²) in [7, 11) is 1.61. The quantitative estimate of drug-likeness (QED) is 0.615. The molecule has 0 radical (unpaired) electrons. The lowest BCUT2D eigenvalue weighted by molar-refractivity contribution is -0.138. The molecule has 0 amide bonds. The van der Waals surface area contributed by atoms with Gasteiger partial charge < -0.3 is 9.47 Å². The number of ether oxygens (including phenoxy) is 2. The van der Waals surface area contributed by atoms with Crippen LogP contribution in [0, 0.1) is 0 Å². The van der Waals surface area contributed by atoms with Gasteiger partial charge in [0.05, 0.1) is 7.11 Å². The van der Waals surface area contributed by atoms with Gasteiger partial charge in [-0.15, -0.1) is 0 Å². The van der Waals surface area contributed by atoms with Gasteiger partial charge in [-0.3, -0.25) is 0 Å². The predicted molar refractivity (Wildman–Crippen MR) is 78.3 cm³/mol. The maximum Gasteiger partial charge on any atom is 0.331 e. The summed E-state index contributed by atoms with van der Waals surface area (Å²) in [5, 5.41) is 0. The summed E-state index contributed by atoms with van der Waals surface area (Å²) in [6.45, 7) is 0.280.